The number of nitrogens with two attached hydrogens (primary N) is 1. The summed E-state index contributed by atoms with van der Waals surface area (Å²) >= 11 is 0. The molecule has 5 nitrogen and oxygen atoms in total. The van der Waals surface area contributed by atoms with E-state index in [2.05, 4.69) is 12.2 Å². The number of nitrogens with one attached hydrogen (secondary N) is 1. The van der Waals surface area contributed by atoms with Crippen LogP contribution in [0.3, 0.4) is 0 Å². The van der Waals surface area contributed by atoms with Crippen LogP contribution in [0.15, 0.2) is 18.2 Å². The lowest BCUT2D eigenvalue weighted by atomic mass is 10.0. The summed E-state index contributed by atoms with van der Waals surface area (Å²) in [7, 11) is 1.55. The number of carbonyl (C=O) groups excluding carboxylic acids is 2. The van der Waals surface area contributed by atoms with E-state index in [1.165, 1.54) is 6.92 Å². The minimum atomic E-state index is -0.106. The predicted octanol–water partition coefficient (Wildman–Crippen LogP) is 2.50. The molecule has 1 amide bonds. The largest absolute Gasteiger partial charge is 0.496 e. The number of rotatable bonds is 9. The number of unbranched alkanes of at least 4 members (excludes halogenated alkanes) is 1. The molecule has 1 aromatic rings. The van der Waals surface area contributed by atoms with Crippen LogP contribution in [0.4, 0.5) is 0 Å². The first-order valence-electron chi connectivity index (χ1n) is 7.69. The molecule has 0 aliphatic rings. The fourth-order valence-corrected chi connectivity index (χ4v) is 2.29. The van der Waals surface area contributed by atoms with Crippen molar-refractivity contribution in [3.05, 3.63) is 29.3 Å². The Labute approximate surface area is 144 Å². The van der Waals surface area contributed by atoms with Gasteiger partial charge in [0, 0.05) is 23.7 Å². The number of benzene rings is 1. The van der Waals surface area contributed by atoms with Crippen LogP contribution >= 0.6 is 12.4 Å². The molecule has 0 bridgehead atoms. The van der Waals surface area contributed by atoms with Gasteiger partial charge in [0.25, 0.3) is 0 Å². The Morgan fingerprint density at radius 1 is 1.35 bits per heavy atom. The fourth-order valence-electron chi connectivity index (χ4n) is 2.29. The second-order valence-electron chi connectivity index (χ2n) is 5.40. The first-order valence-corrected chi connectivity index (χ1v) is 7.69. The number of hydrogen-bond donors (Lipinski definition) is 2. The molecule has 6 heteroatoms. The maximum atomic E-state index is 12.2. The van der Waals surface area contributed by atoms with Crippen LogP contribution in [0, 0.1) is 0 Å². The third-order valence-electron chi connectivity index (χ3n) is 3.59. The van der Waals surface area contributed by atoms with Crippen molar-refractivity contribution in [3.63, 3.8) is 0 Å². The monoisotopic (exact) mass is 342 g/mol. The summed E-state index contributed by atoms with van der Waals surface area (Å²) in [5.41, 5.74) is 6.97. The Bertz CT molecular complexity index is 521. The molecule has 0 heterocycles. The predicted molar refractivity (Wildman–Crippen MR) is 94.5 cm³/mol. The number of carbonyl (C=O) groups is 2. The van der Waals surface area contributed by atoms with E-state index in [9.17, 15) is 9.59 Å². The molecule has 0 saturated heterocycles. The standard InChI is InChI=1S/C17H26N2O3.ClH/c1-4-5-6-15(11-18)19-17(21)10-14-9-13(12(2)20)7-8-16(14)22-3;/h7-9,15H,4-6,10-11,18H2,1-3H3,(H,19,21);1H. The molecule has 0 radical (unpaired) electrons. The van der Waals surface area contributed by atoms with Crippen LogP contribution in [0.1, 0.15) is 49.0 Å². The van der Waals surface area contributed by atoms with Gasteiger partial charge >= 0.3 is 0 Å². The highest BCUT2D eigenvalue weighted by Gasteiger charge is 2.14. The van der Waals surface area contributed by atoms with Crippen LogP contribution in [0.25, 0.3) is 0 Å². The number of amides is 1. The number of hydrogen-bond acceptors (Lipinski definition) is 4. The van der Waals surface area contributed by atoms with Crippen molar-refractivity contribution >= 4 is 24.1 Å². The Morgan fingerprint density at radius 2 is 2.04 bits per heavy atom. The molecule has 1 unspecified atom stereocenters. The highest BCUT2D eigenvalue weighted by atomic mass is 35.5. The van der Waals surface area contributed by atoms with Crippen LogP contribution < -0.4 is 15.8 Å². The molecule has 0 spiro atoms. The Morgan fingerprint density at radius 3 is 2.57 bits per heavy atom. The summed E-state index contributed by atoms with van der Waals surface area (Å²) in [6.45, 7) is 4.03. The van der Waals surface area contributed by atoms with Crippen molar-refractivity contribution < 1.29 is 14.3 Å². The lowest BCUT2D eigenvalue weighted by Crippen LogP contribution is -2.40. The van der Waals surface area contributed by atoms with Gasteiger partial charge in [-0.1, -0.05) is 19.8 Å². The molecule has 130 valence electrons. The topological polar surface area (TPSA) is 81.4 Å². The highest BCUT2D eigenvalue weighted by molar-refractivity contribution is 5.94. The fraction of sp³-hybridized carbons (Fsp3) is 0.529. The molecule has 3 N–H and O–H groups in total. The first-order chi connectivity index (χ1) is 10.5. The average Bonchev–Trinajstić information content (AvgIpc) is 2.51. The zero-order chi connectivity index (χ0) is 16.5. The molecular formula is C17H27ClN2O3. The third-order valence-corrected chi connectivity index (χ3v) is 3.59. The van der Waals surface area contributed by atoms with Crippen LogP contribution in [0.2, 0.25) is 0 Å². The van der Waals surface area contributed by atoms with Crippen LogP contribution in [-0.2, 0) is 11.2 Å². The van der Waals surface area contributed by atoms with Gasteiger partial charge in [-0.25, -0.2) is 0 Å². The van der Waals surface area contributed by atoms with Gasteiger partial charge in [0.05, 0.1) is 13.5 Å². The Balaban J connectivity index is 0.00000484. The zero-order valence-electron chi connectivity index (χ0n) is 14.1. The van der Waals surface area contributed by atoms with Gasteiger partial charge in [-0.2, -0.15) is 0 Å². The second kappa shape index (κ2) is 11.0. The summed E-state index contributed by atoms with van der Waals surface area (Å²) < 4.78 is 5.26. The quantitative estimate of drug-likeness (QED) is 0.675. The molecule has 0 aliphatic carbocycles. The average molecular weight is 343 g/mol. The van der Waals surface area contributed by atoms with E-state index in [1.807, 2.05) is 0 Å². The minimum Gasteiger partial charge on any atom is -0.496 e. The van der Waals surface area contributed by atoms with Gasteiger partial charge in [-0.3, -0.25) is 9.59 Å². The lowest BCUT2D eigenvalue weighted by molar-refractivity contribution is -0.121. The van der Waals surface area contributed by atoms with Gasteiger partial charge in [0.2, 0.25) is 5.91 Å². The normalized spacial score (nSPS) is 11.3. The number of halogens is 1. The van der Waals surface area contributed by atoms with E-state index < -0.39 is 0 Å². The zero-order valence-corrected chi connectivity index (χ0v) is 14.9. The van der Waals surface area contributed by atoms with E-state index in [0.29, 0.717) is 23.4 Å². The van der Waals surface area contributed by atoms with Gasteiger partial charge in [-0.15, -0.1) is 12.4 Å². The number of ether oxygens (including phenoxy) is 1. The van der Waals surface area contributed by atoms with Crippen molar-refractivity contribution in [2.24, 2.45) is 5.73 Å². The highest BCUT2D eigenvalue weighted by Crippen LogP contribution is 2.21. The molecule has 0 saturated carbocycles. The van der Waals surface area contributed by atoms with E-state index in [4.69, 9.17) is 10.5 Å². The molecule has 1 rings (SSSR count). The number of Topliss-reactive ketones (excluding diaryl/α,β-unsaturated/α-hetero) is 1. The number of ketones is 1. The molecule has 0 aromatic heterocycles. The molecular weight excluding hydrogens is 316 g/mol. The van der Waals surface area contributed by atoms with Crippen molar-refractivity contribution in [1.29, 1.82) is 0 Å². The first kappa shape index (κ1) is 21.4. The maximum Gasteiger partial charge on any atom is 0.224 e. The molecule has 0 aliphatic heterocycles. The molecule has 0 fully saturated rings. The smallest absolute Gasteiger partial charge is 0.224 e. The summed E-state index contributed by atoms with van der Waals surface area (Å²) in [5, 5.41) is 2.95. The van der Waals surface area contributed by atoms with Crippen molar-refractivity contribution in [2.75, 3.05) is 13.7 Å². The van der Waals surface area contributed by atoms with Crippen molar-refractivity contribution in [3.8, 4) is 5.75 Å². The minimum absolute atomic E-state index is 0. The van der Waals surface area contributed by atoms with E-state index >= 15 is 0 Å². The summed E-state index contributed by atoms with van der Waals surface area (Å²) in [5.74, 6) is 0.468. The van der Waals surface area contributed by atoms with Crippen LogP contribution in [-0.4, -0.2) is 31.4 Å². The maximum absolute atomic E-state index is 12.2. The van der Waals surface area contributed by atoms with Crippen LogP contribution in [0.5, 0.6) is 5.75 Å². The summed E-state index contributed by atoms with van der Waals surface area (Å²) in [4.78, 5) is 23.7. The second-order valence-corrected chi connectivity index (χ2v) is 5.40. The van der Waals surface area contributed by atoms with Crippen molar-refractivity contribution in [1.82, 2.24) is 5.32 Å². The Kier molecular flexibility index (Phi) is 10.3. The van der Waals surface area contributed by atoms with E-state index in [0.717, 1.165) is 19.3 Å². The molecule has 1 atom stereocenters. The SMILES string of the molecule is CCCCC(CN)NC(=O)Cc1cc(C(C)=O)ccc1OC.Cl. The summed E-state index contributed by atoms with van der Waals surface area (Å²) in [6, 6.07) is 5.13. The lowest BCUT2D eigenvalue weighted by Gasteiger charge is -2.17. The van der Waals surface area contributed by atoms with E-state index in [1.54, 1.807) is 25.3 Å². The van der Waals surface area contributed by atoms with Gasteiger partial charge in [0.15, 0.2) is 5.78 Å². The summed E-state index contributed by atoms with van der Waals surface area (Å²) in [6.07, 6.45) is 3.16. The Hall–Kier alpha value is -1.59. The third kappa shape index (κ3) is 7.01. The van der Waals surface area contributed by atoms with Gasteiger partial charge in [-0.05, 0) is 31.5 Å². The van der Waals surface area contributed by atoms with Gasteiger partial charge < -0.3 is 15.8 Å². The van der Waals surface area contributed by atoms with E-state index in [-0.39, 0.29) is 36.6 Å². The number of methoxy groups -OCH3 is 1. The van der Waals surface area contributed by atoms with Gasteiger partial charge in [0.1, 0.15) is 5.75 Å². The molecule has 23 heavy (non-hydrogen) atoms. The van der Waals surface area contributed by atoms with Crippen molar-refractivity contribution in [2.45, 2.75) is 45.6 Å². The molecule has 1 aromatic carbocycles.